The van der Waals surface area contributed by atoms with Gasteiger partial charge in [-0.2, -0.15) is 13.2 Å². The first-order valence-corrected chi connectivity index (χ1v) is 14.8. The van der Waals surface area contributed by atoms with E-state index in [0.717, 1.165) is 5.19 Å². The van der Waals surface area contributed by atoms with Crippen LogP contribution in [0.25, 0.3) is 0 Å². The summed E-state index contributed by atoms with van der Waals surface area (Å²) in [4.78, 5) is 0. The van der Waals surface area contributed by atoms with Crippen LogP contribution in [-0.4, -0.2) is 8.07 Å². The van der Waals surface area contributed by atoms with Crippen LogP contribution in [0.2, 0.25) is 13.1 Å². The third-order valence-electron chi connectivity index (χ3n) is 5.78. The van der Waals surface area contributed by atoms with Crippen LogP contribution in [0.1, 0.15) is 5.56 Å². The Bertz CT molecular complexity index is 1130. The molecule has 162 valence electrons. The molecule has 0 N–H and O–H groups in total. The minimum atomic E-state index is -4.32. The summed E-state index contributed by atoms with van der Waals surface area (Å²) in [5, 5.41) is 6.06. The number of hydrogen-bond acceptors (Lipinski definition) is 0. The lowest BCUT2D eigenvalue weighted by Crippen LogP contribution is -2.58. The van der Waals surface area contributed by atoms with Gasteiger partial charge in [0.05, 0.1) is 5.56 Å². The van der Waals surface area contributed by atoms with Gasteiger partial charge in [-0.1, -0.05) is 127 Å². The molecule has 0 amide bonds. The number of benzene rings is 4. The molecule has 0 unspecified atom stereocenters. The van der Waals surface area contributed by atoms with Crippen molar-refractivity contribution in [3.63, 3.8) is 0 Å². The van der Waals surface area contributed by atoms with Crippen molar-refractivity contribution in [2.75, 3.05) is 0 Å². The summed E-state index contributed by atoms with van der Waals surface area (Å²) in [5.41, 5.74) is -0.602. The first-order valence-electron chi connectivity index (χ1n) is 10.5. The molecule has 0 heterocycles. The Labute approximate surface area is 189 Å². The predicted molar refractivity (Wildman–Crippen MR) is 133 cm³/mol. The Hall–Kier alpha value is -2.68. The van der Waals surface area contributed by atoms with Crippen LogP contribution in [0, 0.1) is 0 Å². The maximum Gasteiger partial charge on any atom is 0.416 e. The maximum atomic E-state index is 13.1. The molecule has 0 aromatic heterocycles. The summed E-state index contributed by atoms with van der Waals surface area (Å²) < 4.78 is 39.3. The molecular weight excluding hydrogens is 440 g/mol. The van der Waals surface area contributed by atoms with Crippen molar-refractivity contribution in [3.05, 3.63) is 115 Å². The Morgan fingerprint density at radius 3 is 1.56 bits per heavy atom. The van der Waals surface area contributed by atoms with E-state index in [0.29, 0.717) is 0 Å². The van der Waals surface area contributed by atoms with Crippen LogP contribution in [0.5, 0.6) is 0 Å². The highest BCUT2D eigenvalue weighted by atomic mass is 31.1. The standard InChI is InChI=1S/C27H24F3PSi/c1-32(2,24-19-17-21(18-20-24)27(28,29)30)26-16-10-9-15-25(26)31(22-11-5-3-6-12-22)23-13-7-4-8-14-23/h3-20H,1-2H3. The van der Waals surface area contributed by atoms with E-state index < -0.39 is 27.7 Å². The Morgan fingerprint density at radius 2 is 1.06 bits per heavy atom. The monoisotopic (exact) mass is 464 g/mol. The fourth-order valence-corrected chi connectivity index (χ4v) is 10.1. The van der Waals surface area contributed by atoms with Gasteiger partial charge in [0.2, 0.25) is 0 Å². The first-order chi connectivity index (χ1) is 15.3. The lowest BCUT2D eigenvalue weighted by atomic mass is 10.2. The van der Waals surface area contributed by atoms with Gasteiger partial charge in [-0.3, -0.25) is 0 Å². The van der Waals surface area contributed by atoms with Crippen molar-refractivity contribution in [1.29, 1.82) is 0 Å². The molecule has 5 heteroatoms. The second-order valence-corrected chi connectivity index (χ2v) is 14.8. The van der Waals surface area contributed by atoms with E-state index in [1.54, 1.807) is 12.1 Å². The van der Waals surface area contributed by atoms with Crippen LogP contribution in [-0.2, 0) is 6.18 Å². The van der Waals surface area contributed by atoms with Gasteiger partial charge in [0.15, 0.2) is 0 Å². The fourth-order valence-electron chi connectivity index (χ4n) is 4.01. The maximum absolute atomic E-state index is 13.1. The quantitative estimate of drug-likeness (QED) is 0.278. The van der Waals surface area contributed by atoms with Gasteiger partial charge in [0.25, 0.3) is 0 Å². The van der Waals surface area contributed by atoms with Crippen LogP contribution in [0.4, 0.5) is 13.2 Å². The number of halogens is 3. The van der Waals surface area contributed by atoms with E-state index in [4.69, 9.17) is 0 Å². The van der Waals surface area contributed by atoms with Crippen molar-refractivity contribution >= 4 is 42.3 Å². The lowest BCUT2D eigenvalue weighted by molar-refractivity contribution is -0.137. The van der Waals surface area contributed by atoms with Crippen molar-refractivity contribution in [2.24, 2.45) is 0 Å². The van der Waals surface area contributed by atoms with E-state index in [1.807, 2.05) is 18.2 Å². The van der Waals surface area contributed by atoms with Gasteiger partial charge in [-0.05, 0) is 29.0 Å². The highest BCUT2D eigenvalue weighted by Crippen LogP contribution is 2.33. The van der Waals surface area contributed by atoms with Crippen LogP contribution in [0.15, 0.2) is 109 Å². The number of alkyl halides is 3. The zero-order valence-electron chi connectivity index (χ0n) is 18.0. The lowest BCUT2D eigenvalue weighted by Gasteiger charge is -2.30. The van der Waals surface area contributed by atoms with Gasteiger partial charge < -0.3 is 0 Å². The molecule has 0 fully saturated rings. The Morgan fingerprint density at radius 1 is 0.594 bits per heavy atom. The second kappa shape index (κ2) is 9.05. The minimum absolute atomic E-state index is 0.602. The number of rotatable bonds is 5. The van der Waals surface area contributed by atoms with Crippen LogP contribution < -0.4 is 26.3 Å². The predicted octanol–water partition coefficient (Wildman–Crippen LogP) is 5.29. The zero-order chi connectivity index (χ0) is 22.8. The van der Waals surface area contributed by atoms with E-state index in [9.17, 15) is 13.2 Å². The molecule has 0 bridgehead atoms. The molecule has 4 aromatic rings. The van der Waals surface area contributed by atoms with E-state index in [-0.39, 0.29) is 0 Å². The Kier molecular flexibility index (Phi) is 6.37. The van der Waals surface area contributed by atoms with Gasteiger partial charge in [0.1, 0.15) is 8.07 Å². The van der Waals surface area contributed by atoms with Crippen molar-refractivity contribution in [3.8, 4) is 0 Å². The van der Waals surface area contributed by atoms with Crippen molar-refractivity contribution in [1.82, 2.24) is 0 Å². The summed E-state index contributed by atoms with van der Waals surface area (Å²) in [5.74, 6) is 0. The first kappa shape index (κ1) is 22.5. The molecule has 0 nitrogen and oxygen atoms in total. The molecule has 0 atom stereocenters. The molecule has 0 saturated carbocycles. The van der Waals surface area contributed by atoms with Crippen LogP contribution >= 0.6 is 7.92 Å². The normalized spacial score (nSPS) is 12.2. The molecule has 4 aromatic carbocycles. The van der Waals surface area contributed by atoms with Crippen molar-refractivity contribution < 1.29 is 13.2 Å². The molecule has 0 aliphatic heterocycles. The third-order valence-corrected chi connectivity index (χ3v) is 12.1. The molecule has 0 aliphatic carbocycles. The molecule has 0 saturated heterocycles. The summed E-state index contributed by atoms with van der Waals surface area (Å²) >= 11 is 0. The average Bonchev–Trinajstić information content (AvgIpc) is 2.80. The van der Waals surface area contributed by atoms with Gasteiger partial charge >= 0.3 is 6.18 Å². The summed E-state index contributed by atoms with van der Waals surface area (Å²) in [7, 11) is -3.05. The average molecular weight is 465 g/mol. The van der Waals surface area contributed by atoms with E-state index in [1.165, 1.54) is 33.2 Å². The fraction of sp³-hybridized carbons (Fsp3) is 0.111. The van der Waals surface area contributed by atoms with Gasteiger partial charge in [0, 0.05) is 0 Å². The van der Waals surface area contributed by atoms with Crippen LogP contribution in [0.3, 0.4) is 0 Å². The largest absolute Gasteiger partial charge is 0.416 e. The van der Waals surface area contributed by atoms with Gasteiger partial charge in [-0.15, -0.1) is 0 Å². The zero-order valence-corrected chi connectivity index (χ0v) is 19.9. The minimum Gasteiger partial charge on any atom is -0.166 e. The third kappa shape index (κ3) is 4.57. The van der Waals surface area contributed by atoms with Crippen molar-refractivity contribution in [2.45, 2.75) is 19.3 Å². The molecule has 0 spiro atoms. The SMILES string of the molecule is C[Si](C)(c1ccc(C(F)(F)F)cc1)c1ccccc1P(c1ccccc1)c1ccccc1. The molecule has 4 rings (SSSR count). The van der Waals surface area contributed by atoms with Gasteiger partial charge in [-0.25, -0.2) is 0 Å². The number of hydrogen-bond donors (Lipinski definition) is 0. The summed E-state index contributed by atoms with van der Waals surface area (Å²) in [6.45, 7) is 4.44. The van der Waals surface area contributed by atoms with E-state index >= 15 is 0 Å². The topological polar surface area (TPSA) is 0 Å². The molecule has 0 radical (unpaired) electrons. The summed E-state index contributed by atoms with van der Waals surface area (Å²) in [6, 6.07) is 35.2. The molecular formula is C27H24F3PSi. The van der Waals surface area contributed by atoms with E-state index in [2.05, 4.69) is 79.8 Å². The summed E-state index contributed by atoms with van der Waals surface area (Å²) in [6.07, 6.45) is -4.32. The molecule has 32 heavy (non-hydrogen) atoms. The molecule has 0 aliphatic rings. The second-order valence-electron chi connectivity index (χ2n) is 8.22. The smallest absolute Gasteiger partial charge is 0.166 e. The highest BCUT2D eigenvalue weighted by Gasteiger charge is 2.34. The highest BCUT2D eigenvalue weighted by molar-refractivity contribution is 7.80. The Balaban J connectivity index is 1.85.